The van der Waals surface area contributed by atoms with E-state index < -0.39 is 0 Å². The summed E-state index contributed by atoms with van der Waals surface area (Å²) in [7, 11) is 0. The van der Waals surface area contributed by atoms with Crippen LogP contribution in [0.5, 0.6) is 0 Å². The van der Waals surface area contributed by atoms with Crippen LogP contribution in [0.3, 0.4) is 0 Å². The lowest BCUT2D eigenvalue weighted by Crippen LogP contribution is -2.66. The molecule has 0 unspecified atom stereocenters. The zero-order chi connectivity index (χ0) is 9.57. The van der Waals surface area contributed by atoms with Gasteiger partial charge in [0.1, 0.15) is 1.41 Å². The normalized spacial score (nSPS) is 33.4. The summed E-state index contributed by atoms with van der Waals surface area (Å²) in [5.74, 6) is 0. The number of nitrogens with zero attached hydrogens (tertiary/aromatic N) is 1. The molecule has 3 heteroatoms. The maximum absolute atomic E-state index is 9.81. The largest absolute Gasteiger partial charge is 0.313 e. The van der Waals surface area contributed by atoms with Gasteiger partial charge in [-0.05, 0) is 27.7 Å². The van der Waals surface area contributed by atoms with Crippen molar-refractivity contribution >= 4 is 0 Å². The van der Waals surface area contributed by atoms with E-state index in [1.165, 1.54) is 10.4 Å². The summed E-state index contributed by atoms with van der Waals surface area (Å²) in [5.41, 5.74) is -0.660. The van der Waals surface area contributed by atoms with Gasteiger partial charge in [-0.2, -0.15) is 5.06 Å². The van der Waals surface area contributed by atoms with E-state index in [2.05, 4.69) is 0 Å². The quantitative estimate of drug-likeness (QED) is 0.551. The van der Waals surface area contributed by atoms with E-state index >= 15 is 0 Å². The topological polar surface area (TPSA) is 35.5 Å². The lowest BCUT2D eigenvalue weighted by atomic mass is 9.92. The monoisotopic (exact) mass is 160 g/mol. The van der Waals surface area contributed by atoms with Crippen molar-refractivity contribution < 1.29 is 6.62 Å². The van der Waals surface area contributed by atoms with Gasteiger partial charge < -0.3 is 10.5 Å². The van der Waals surface area contributed by atoms with Crippen LogP contribution in [0, 0.1) is 0 Å². The first-order valence-electron chi connectivity index (χ1n) is 4.43. The minimum atomic E-state index is -0.330. The second kappa shape index (κ2) is 2.44. The Morgan fingerprint density at radius 1 is 1.27 bits per heavy atom. The van der Waals surface area contributed by atoms with Gasteiger partial charge in [0.05, 0.1) is 11.1 Å². The van der Waals surface area contributed by atoms with Crippen LogP contribution in [0.25, 0.3) is 0 Å². The summed E-state index contributed by atoms with van der Waals surface area (Å²) >= 11 is 0. The molecular formula is C8H18N2O. The molecular weight excluding hydrogens is 140 g/mol. The molecule has 0 aliphatic carbocycles. The average molecular weight is 160 g/mol. The first kappa shape index (κ1) is 7.53. The van der Waals surface area contributed by atoms with Crippen LogP contribution in [-0.2, 0) is 0 Å². The molecule has 0 spiro atoms. The highest BCUT2D eigenvalue weighted by molar-refractivity contribution is 4.94. The molecule has 0 saturated carbocycles. The molecule has 0 amide bonds. The summed E-state index contributed by atoms with van der Waals surface area (Å²) in [4.78, 5) is 0. The standard InChI is InChI=1S/C8H18N2O/c1-7(2)5-9-6-8(3,4)10(7)11/h9,11H,5-6H2,1-4H3/i/hT. The summed E-state index contributed by atoms with van der Waals surface area (Å²) in [5, 5.41) is 12.7. The molecule has 1 aliphatic heterocycles. The van der Waals surface area contributed by atoms with Crippen LogP contribution in [-0.4, -0.2) is 34.4 Å². The van der Waals surface area contributed by atoms with Crippen molar-refractivity contribution in [3.05, 3.63) is 0 Å². The van der Waals surface area contributed by atoms with Crippen LogP contribution in [0.1, 0.15) is 27.7 Å². The molecule has 0 atom stereocenters. The first-order valence-corrected chi connectivity index (χ1v) is 3.99. The number of piperazine rings is 1. The molecule has 66 valence electrons. The summed E-state index contributed by atoms with van der Waals surface area (Å²) in [6, 6.07) is 0. The van der Waals surface area contributed by atoms with Gasteiger partial charge in [-0.3, -0.25) is 0 Å². The molecule has 1 saturated heterocycles. The van der Waals surface area contributed by atoms with Crippen molar-refractivity contribution in [2.75, 3.05) is 13.1 Å². The van der Waals surface area contributed by atoms with Gasteiger partial charge in [0.25, 0.3) is 0 Å². The Hall–Kier alpha value is -0.120. The van der Waals surface area contributed by atoms with Gasteiger partial charge in [-0.25, -0.2) is 0 Å². The maximum atomic E-state index is 9.81. The second-order valence-electron chi connectivity index (χ2n) is 4.48. The summed E-state index contributed by atoms with van der Waals surface area (Å²) < 4.78 is 7.57. The van der Waals surface area contributed by atoms with E-state index in [0.29, 0.717) is 13.1 Å². The van der Waals surface area contributed by atoms with Crippen molar-refractivity contribution in [2.45, 2.75) is 38.8 Å². The van der Waals surface area contributed by atoms with Crippen molar-refractivity contribution in [2.24, 2.45) is 0 Å². The molecule has 0 bridgehead atoms. The molecule has 1 rings (SSSR count). The molecule has 2 N–H and O–H groups in total. The summed E-state index contributed by atoms with van der Waals surface area (Å²) in [6.45, 7) is 8.91. The van der Waals surface area contributed by atoms with Crippen molar-refractivity contribution in [1.82, 2.24) is 10.4 Å². The highest BCUT2D eigenvalue weighted by Gasteiger charge is 2.40. The van der Waals surface area contributed by atoms with Crippen LogP contribution in [0.4, 0.5) is 0 Å². The van der Waals surface area contributed by atoms with Gasteiger partial charge in [-0.15, -0.1) is 0 Å². The fourth-order valence-corrected chi connectivity index (χ4v) is 1.56. The molecule has 3 nitrogen and oxygen atoms in total. The third-order valence-electron chi connectivity index (χ3n) is 2.14. The number of hydroxylamine groups is 2. The Kier molecular flexibility index (Phi) is 1.67. The highest BCUT2D eigenvalue weighted by atomic mass is 16.5. The Morgan fingerprint density at radius 3 is 2.00 bits per heavy atom. The zero-order valence-corrected chi connectivity index (χ0v) is 7.76. The fraction of sp³-hybridized carbons (Fsp3) is 1.00. The predicted octanol–water partition coefficient (Wildman–Crippen LogP) is 0.838. The molecule has 0 aromatic carbocycles. The molecule has 1 fully saturated rings. The number of rotatable bonds is 0. The summed E-state index contributed by atoms with van der Waals surface area (Å²) in [6.07, 6.45) is 0. The average Bonchev–Trinajstić information content (AvgIpc) is 1.80. The first-order chi connectivity index (χ1) is 5.26. The van der Waals surface area contributed by atoms with Gasteiger partial charge in [0.15, 0.2) is 0 Å². The number of nitrogens with one attached hydrogen (secondary N) is 1. The number of hydrogen-bond acceptors (Lipinski definition) is 3. The van der Waals surface area contributed by atoms with Crippen LogP contribution < -0.4 is 5.31 Å². The van der Waals surface area contributed by atoms with E-state index in [1.54, 1.807) is 0 Å². The number of hydrogen-bond donors (Lipinski definition) is 2. The highest BCUT2D eigenvalue weighted by Crippen LogP contribution is 2.25. The van der Waals surface area contributed by atoms with E-state index in [0.717, 1.165) is 0 Å². The van der Waals surface area contributed by atoms with Crippen LogP contribution in [0.2, 0.25) is 1.41 Å². The Bertz CT molecular complexity index is 164. The Balaban J connectivity index is 2.84. The molecule has 0 aromatic rings. The van der Waals surface area contributed by atoms with Crippen LogP contribution in [0.15, 0.2) is 0 Å². The van der Waals surface area contributed by atoms with Crippen molar-refractivity contribution in [1.29, 1.82) is 0 Å². The van der Waals surface area contributed by atoms with Gasteiger partial charge in [0, 0.05) is 13.1 Å². The van der Waals surface area contributed by atoms with E-state index in [-0.39, 0.29) is 11.1 Å². The third-order valence-corrected chi connectivity index (χ3v) is 2.14. The molecule has 0 aromatic heterocycles. The maximum Gasteiger partial charge on any atom is 0.122 e. The molecule has 1 heterocycles. The lowest BCUT2D eigenvalue weighted by Gasteiger charge is -2.48. The molecule has 0 radical (unpaired) electrons. The third kappa shape index (κ3) is 1.55. The smallest absolute Gasteiger partial charge is 0.122 e. The van der Waals surface area contributed by atoms with Gasteiger partial charge in [0.2, 0.25) is 0 Å². The van der Waals surface area contributed by atoms with E-state index in [1.807, 2.05) is 27.7 Å². The van der Waals surface area contributed by atoms with Crippen molar-refractivity contribution in [3.8, 4) is 0 Å². The SMILES string of the molecule is [3H]N1CC(C)(C)N(O)C(C)(C)C1. The van der Waals surface area contributed by atoms with E-state index in [4.69, 9.17) is 1.41 Å². The zero-order valence-electron chi connectivity index (χ0n) is 8.76. The predicted molar refractivity (Wildman–Crippen MR) is 44.7 cm³/mol. The van der Waals surface area contributed by atoms with Crippen LogP contribution >= 0.6 is 0 Å². The van der Waals surface area contributed by atoms with Gasteiger partial charge in [-0.1, -0.05) is 0 Å². The minimum Gasteiger partial charge on any atom is -0.313 e. The minimum absolute atomic E-state index is 0.330. The Morgan fingerprint density at radius 2 is 1.64 bits per heavy atom. The fourth-order valence-electron chi connectivity index (χ4n) is 1.56. The molecule has 1 aliphatic rings. The Labute approximate surface area is 69.8 Å². The van der Waals surface area contributed by atoms with Gasteiger partial charge >= 0.3 is 0 Å². The molecule has 11 heavy (non-hydrogen) atoms. The lowest BCUT2D eigenvalue weighted by molar-refractivity contribution is -0.234. The second-order valence-corrected chi connectivity index (χ2v) is 4.48. The van der Waals surface area contributed by atoms with Crippen molar-refractivity contribution in [3.63, 3.8) is 0 Å². The van der Waals surface area contributed by atoms with E-state index in [9.17, 15) is 5.21 Å².